The summed E-state index contributed by atoms with van der Waals surface area (Å²) in [6, 6.07) is 7.20. The maximum Gasteiger partial charge on any atom is 0.231 e. The first-order valence-corrected chi connectivity index (χ1v) is 7.02. The summed E-state index contributed by atoms with van der Waals surface area (Å²) < 4.78 is 10.9. The molecule has 4 rings (SSSR count). The van der Waals surface area contributed by atoms with Gasteiger partial charge in [0.2, 0.25) is 6.79 Å². The summed E-state index contributed by atoms with van der Waals surface area (Å²) in [5.74, 6) is 1.83. The highest BCUT2D eigenvalue weighted by atomic mass is 16.7. The summed E-state index contributed by atoms with van der Waals surface area (Å²) in [5.41, 5.74) is 1.79. The van der Waals surface area contributed by atoms with Crippen LogP contribution in [-0.2, 0) is 5.41 Å². The van der Waals surface area contributed by atoms with E-state index in [1.54, 1.807) is 0 Å². The van der Waals surface area contributed by atoms with Gasteiger partial charge in [-0.2, -0.15) is 0 Å². The normalized spacial score (nSPS) is 33.4. The van der Waals surface area contributed by atoms with Crippen molar-refractivity contribution in [1.82, 2.24) is 5.32 Å². The minimum absolute atomic E-state index is 0.346. The highest BCUT2D eigenvalue weighted by Gasteiger charge is 2.45. The molecule has 1 aliphatic carbocycles. The van der Waals surface area contributed by atoms with Crippen LogP contribution >= 0.6 is 0 Å². The Labute approximate surface area is 107 Å². The lowest BCUT2D eigenvalue weighted by molar-refractivity contribution is 0.173. The lowest BCUT2D eigenvalue weighted by Gasteiger charge is -2.39. The first-order chi connectivity index (χ1) is 8.88. The average Bonchev–Trinajstić information content (AvgIpc) is 3.04. The van der Waals surface area contributed by atoms with Gasteiger partial charge >= 0.3 is 0 Å². The third-order valence-corrected chi connectivity index (χ3v) is 4.94. The van der Waals surface area contributed by atoms with Crippen molar-refractivity contribution in [3.05, 3.63) is 23.8 Å². The summed E-state index contributed by atoms with van der Waals surface area (Å²) >= 11 is 0. The Balaban J connectivity index is 1.76. The van der Waals surface area contributed by atoms with E-state index in [0.717, 1.165) is 18.0 Å². The van der Waals surface area contributed by atoms with Crippen molar-refractivity contribution in [3.63, 3.8) is 0 Å². The summed E-state index contributed by atoms with van der Waals surface area (Å²) in [5, 5.41) is 3.69. The number of ether oxygens (including phenoxy) is 2. The summed E-state index contributed by atoms with van der Waals surface area (Å²) in [4.78, 5) is 0. The topological polar surface area (TPSA) is 30.5 Å². The smallest absolute Gasteiger partial charge is 0.231 e. The molecule has 1 N–H and O–H groups in total. The van der Waals surface area contributed by atoms with E-state index in [1.807, 2.05) is 0 Å². The Bertz CT molecular complexity index is 474. The Morgan fingerprint density at radius 1 is 1.11 bits per heavy atom. The molecule has 1 unspecified atom stereocenters. The van der Waals surface area contributed by atoms with E-state index < -0.39 is 0 Å². The summed E-state index contributed by atoms with van der Waals surface area (Å²) in [7, 11) is 0. The minimum Gasteiger partial charge on any atom is -0.454 e. The van der Waals surface area contributed by atoms with Crippen molar-refractivity contribution in [3.8, 4) is 11.5 Å². The van der Waals surface area contributed by atoms with Gasteiger partial charge in [-0.25, -0.2) is 0 Å². The predicted octanol–water partition coefficient (Wildman–Crippen LogP) is 2.59. The van der Waals surface area contributed by atoms with Crippen LogP contribution in [0.3, 0.4) is 0 Å². The third kappa shape index (κ3) is 1.40. The van der Waals surface area contributed by atoms with Gasteiger partial charge in [-0.05, 0) is 43.5 Å². The van der Waals surface area contributed by atoms with E-state index in [0.29, 0.717) is 18.2 Å². The van der Waals surface area contributed by atoms with Gasteiger partial charge in [0.25, 0.3) is 0 Å². The molecule has 3 aliphatic rings. The fourth-order valence-corrected chi connectivity index (χ4v) is 4.00. The van der Waals surface area contributed by atoms with Crippen LogP contribution in [0.5, 0.6) is 11.5 Å². The van der Waals surface area contributed by atoms with Crippen molar-refractivity contribution < 1.29 is 9.47 Å². The predicted molar refractivity (Wildman–Crippen MR) is 69.1 cm³/mol. The standard InChI is InChI=1S/C15H19NO2/c1-2-6-15(7-8-16-14(15)3-1)11-4-5-12-13(9-11)18-10-17-12/h4-5,9,14,16H,1-3,6-8,10H2/t14?,15-/m1/s1. The molecular formula is C15H19NO2. The van der Waals surface area contributed by atoms with E-state index in [2.05, 4.69) is 23.5 Å². The molecule has 3 heteroatoms. The van der Waals surface area contributed by atoms with Crippen LogP contribution < -0.4 is 14.8 Å². The van der Waals surface area contributed by atoms with Crippen LogP contribution in [0.4, 0.5) is 0 Å². The fourth-order valence-electron chi connectivity index (χ4n) is 4.00. The van der Waals surface area contributed by atoms with Crippen LogP contribution in [0.15, 0.2) is 18.2 Å². The SMILES string of the molecule is c1cc2c(cc1[C@]13CCCCC1NCC3)OCO2. The van der Waals surface area contributed by atoms with Gasteiger partial charge in [-0.3, -0.25) is 0 Å². The van der Waals surface area contributed by atoms with E-state index in [9.17, 15) is 0 Å². The van der Waals surface area contributed by atoms with Crippen molar-refractivity contribution in [2.24, 2.45) is 0 Å². The molecule has 1 saturated heterocycles. The number of nitrogens with one attached hydrogen (secondary N) is 1. The maximum absolute atomic E-state index is 5.53. The minimum atomic E-state index is 0.346. The van der Waals surface area contributed by atoms with Gasteiger partial charge in [0, 0.05) is 11.5 Å². The zero-order chi connectivity index (χ0) is 12.0. The van der Waals surface area contributed by atoms with Crippen molar-refractivity contribution in [1.29, 1.82) is 0 Å². The fraction of sp³-hybridized carbons (Fsp3) is 0.600. The molecule has 0 bridgehead atoms. The molecule has 3 nitrogen and oxygen atoms in total. The average molecular weight is 245 g/mol. The maximum atomic E-state index is 5.53. The van der Waals surface area contributed by atoms with Crippen molar-refractivity contribution >= 4 is 0 Å². The number of benzene rings is 1. The second-order valence-electron chi connectivity index (χ2n) is 5.73. The molecule has 2 aliphatic heterocycles. The molecule has 1 aromatic rings. The van der Waals surface area contributed by atoms with Gasteiger partial charge in [0.05, 0.1) is 0 Å². The van der Waals surface area contributed by atoms with Gasteiger partial charge in [0.1, 0.15) is 0 Å². The first kappa shape index (κ1) is 10.7. The first-order valence-electron chi connectivity index (χ1n) is 7.02. The molecule has 2 heterocycles. The molecule has 1 aromatic carbocycles. The molecule has 0 radical (unpaired) electrons. The molecule has 0 aromatic heterocycles. The van der Waals surface area contributed by atoms with Gasteiger partial charge < -0.3 is 14.8 Å². The summed E-state index contributed by atoms with van der Waals surface area (Å²) in [6.45, 7) is 1.52. The zero-order valence-corrected chi connectivity index (χ0v) is 10.6. The Kier molecular flexibility index (Phi) is 2.31. The van der Waals surface area contributed by atoms with Gasteiger partial charge in [-0.1, -0.05) is 18.9 Å². The second kappa shape index (κ2) is 3.89. The number of fused-ring (bicyclic) bond motifs is 2. The van der Waals surface area contributed by atoms with Crippen molar-refractivity contribution in [2.75, 3.05) is 13.3 Å². The highest BCUT2D eigenvalue weighted by molar-refractivity contribution is 5.47. The van der Waals surface area contributed by atoms with Gasteiger partial charge in [0.15, 0.2) is 11.5 Å². The Morgan fingerprint density at radius 3 is 3.06 bits per heavy atom. The molecule has 2 fully saturated rings. The quantitative estimate of drug-likeness (QED) is 0.825. The lowest BCUT2D eigenvalue weighted by atomic mass is 9.66. The van der Waals surface area contributed by atoms with E-state index >= 15 is 0 Å². The van der Waals surface area contributed by atoms with Crippen LogP contribution in [0.1, 0.15) is 37.7 Å². The van der Waals surface area contributed by atoms with Crippen LogP contribution in [0.25, 0.3) is 0 Å². The van der Waals surface area contributed by atoms with Gasteiger partial charge in [-0.15, -0.1) is 0 Å². The number of hydrogen-bond acceptors (Lipinski definition) is 3. The summed E-state index contributed by atoms with van der Waals surface area (Å²) in [6.07, 6.45) is 6.60. The molecule has 96 valence electrons. The zero-order valence-electron chi connectivity index (χ0n) is 10.6. The van der Waals surface area contributed by atoms with E-state index in [1.165, 1.54) is 37.7 Å². The molecule has 0 amide bonds. The second-order valence-corrected chi connectivity index (χ2v) is 5.73. The molecule has 2 atom stereocenters. The largest absolute Gasteiger partial charge is 0.454 e. The van der Waals surface area contributed by atoms with Crippen LogP contribution in [-0.4, -0.2) is 19.4 Å². The molecular weight excluding hydrogens is 226 g/mol. The van der Waals surface area contributed by atoms with Crippen LogP contribution in [0.2, 0.25) is 0 Å². The third-order valence-electron chi connectivity index (χ3n) is 4.94. The highest BCUT2D eigenvalue weighted by Crippen LogP contribution is 2.47. The molecule has 1 saturated carbocycles. The Hall–Kier alpha value is -1.22. The number of rotatable bonds is 1. The molecule has 18 heavy (non-hydrogen) atoms. The number of hydrogen-bond donors (Lipinski definition) is 1. The lowest BCUT2D eigenvalue weighted by Crippen LogP contribution is -2.42. The van der Waals surface area contributed by atoms with Crippen LogP contribution in [0, 0.1) is 0 Å². The van der Waals surface area contributed by atoms with E-state index in [-0.39, 0.29) is 0 Å². The monoisotopic (exact) mass is 245 g/mol. The van der Waals surface area contributed by atoms with Crippen molar-refractivity contribution in [2.45, 2.75) is 43.6 Å². The molecule has 0 spiro atoms. The van der Waals surface area contributed by atoms with E-state index in [4.69, 9.17) is 9.47 Å². The Morgan fingerprint density at radius 2 is 2.06 bits per heavy atom.